The summed E-state index contributed by atoms with van der Waals surface area (Å²) >= 11 is 1.69. The van der Waals surface area contributed by atoms with E-state index < -0.39 is 6.04 Å². The first kappa shape index (κ1) is 22.9. The Kier molecular flexibility index (Phi) is 6.25. The van der Waals surface area contributed by atoms with E-state index in [-0.39, 0.29) is 11.6 Å². The number of H-pyrrole nitrogens is 1. The minimum Gasteiger partial charge on any atom is -0.468 e. The molecule has 8 nitrogen and oxygen atoms in total. The number of pyridine rings is 1. The summed E-state index contributed by atoms with van der Waals surface area (Å²) in [6.07, 6.45) is 6.09. The third kappa shape index (κ3) is 4.52. The van der Waals surface area contributed by atoms with Crippen LogP contribution in [0, 0.1) is 6.92 Å². The standard InChI is InChI=1S/C27H28N6O2S/c1-18-10-11-19-15-23(27(34)28-24(19)14-18)25(26-29-30-31-33(26)20-6-2-3-7-20)32(16-21-8-4-12-35-21)17-22-9-5-13-36-22/h4-5,8-15,20,25H,2-3,6-7,16-17H2,1H3,(H,28,34)/t25-/m0/s1. The topological polar surface area (TPSA) is 92.8 Å². The lowest BCUT2D eigenvalue weighted by Crippen LogP contribution is -2.35. The molecule has 4 heterocycles. The zero-order valence-corrected chi connectivity index (χ0v) is 20.9. The molecule has 0 spiro atoms. The minimum atomic E-state index is -0.456. The van der Waals surface area contributed by atoms with Crippen molar-refractivity contribution in [2.24, 2.45) is 0 Å². The smallest absolute Gasteiger partial charge is 0.253 e. The number of furan rings is 1. The lowest BCUT2D eigenvalue weighted by molar-refractivity contribution is 0.178. The van der Waals surface area contributed by atoms with Crippen molar-refractivity contribution in [1.29, 1.82) is 0 Å². The van der Waals surface area contributed by atoms with E-state index in [2.05, 4.69) is 49.0 Å². The van der Waals surface area contributed by atoms with Gasteiger partial charge in [-0.05, 0) is 76.9 Å². The number of rotatable bonds is 8. The summed E-state index contributed by atoms with van der Waals surface area (Å²) in [7, 11) is 0. The van der Waals surface area contributed by atoms with E-state index in [0.29, 0.717) is 24.5 Å². The first-order valence-corrected chi connectivity index (χ1v) is 13.2. The van der Waals surface area contributed by atoms with Crippen molar-refractivity contribution in [3.8, 4) is 0 Å². The van der Waals surface area contributed by atoms with E-state index >= 15 is 0 Å². The fourth-order valence-electron chi connectivity index (χ4n) is 5.27. The lowest BCUT2D eigenvalue weighted by atomic mass is 10.0. The molecule has 0 aliphatic heterocycles. The maximum absolute atomic E-state index is 13.6. The Morgan fingerprint density at radius 2 is 2.06 bits per heavy atom. The van der Waals surface area contributed by atoms with Gasteiger partial charge in [0, 0.05) is 22.5 Å². The van der Waals surface area contributed by atoms with Crippen LogP contribution in [0.15, 0.2) is 69.4 Å². The van der Waals surface area contributed by atoms with Crippen LogP contribution in [0.25, 0.3) is 10.9 Å². The van der Waals surface area contributed by atoms with Crippen LogP contribution >= 0.6 is 11.3 Å². The molecular weight excluding hydrogens is 472 g/mol. The minimum absolute atomic E-state index is 0.130. The molecule has 1 aliphatic carbocycles. The Morgan fingerprint density at radius 1 is 1.17 bits per heavy atom. The van der Waals surface area contributed by atoms with Crippen LogP contribution in [0.4, 0.5) is 0 Å². The van der Waals surface area contributed by atoms with Crippen molar-refractivity contribution >= 4 is 22.2 Å². The van der Waals surface area contributed by atoms with Crippen molar-refractivity contribution < 1.29 is 4.42 Å². The summed E-state index contributed by atoms with van der Waals surface area (Å²) < 4.78 is 7.71. The lowest BCUT2D eigenvalue weighted by Gasteiger charge is -2.30. The third-order valence-corrected chi connectivity index (χ3v) is 7.86. The van der Waals surface area contributed by atoms with Crippen LogP contribution < -0.4 is 5.56 Å². The van der Waals surface area contributed by atoms with Gasteiger partial charge in [0.2, 0.25) is 0 Å². The highest BCUT2D eigenvalue weighted by Crippen LogP contribution is 2.35. The van der Waals surface area contributed by atoms with Gasteiger partial charge < -0.3 is 9.40 Å². The number of tetrazole rings is 1. The Balaban J connectivity index is 1.53. The van der Waals surface area contributed by atoms with Crippen molar-refractivity contribution in [1.82, 2.24) is 30.1 Å². The Labute approximate surface area is 212 Å². The number of thiophene rings is 1. The van der Waals surface area contributed by atoms with Crippen LogP contribution in [-0.4, -0.2) is 30.1 Å². The van der Waals surface area contributed by atoms with E-state index in [4.69, 9.17) is 4.42 Å². The molecule has 36 heavy (non-hydrogen) atoms. The molecule has 9 heteroatoms. The van der Waals surface area contributed by atoms with Crippen molar-refractivity contribution in [2.45, 2.75) is 57.8 Å². The zero-order valence-electron chi connectivity index (χ0n) is 20.1. The summed E-state index contributed by atoms with van der Waals surface area (Å²) in [6.45, 7) is 3.17. The van der Waals surface area contributed by atoms with Gasteiger partial charge in [-0.15, -0.1) is 16.4 Å². The fourth-order valence-corrected chi connectivity index (χ4v) is 6.00. The van der Waals surface area contributed by atoms with Gasteiger partial charge in [-0.1, -0.05) is 31.0 Å². The van der Waals surface area contributed by atoms with Crippen molar-refractivity contribution in [3.05, 3.63) is 98.1 Å². The normalized spacial score (nSPS) is 15.3. The van der Waals surface area contributed by atoms with Gasteiger partial charge in [0.15, 0.2) is 5.82 Å². The Morgan fingerprint density at radius 3 is 2.83 bits per heavy atom. The number of aromatic nitrogens is 5. The number of aryl methyl sites for hydroxylation is 1. The number of hydrogen-bond acceptors (Lipinski definition) is 7. The molecule has 0 bridgehead atoms. The fraction of sp³-hybridized carbons (Fsp3) is 0.333. The summed E-state index contributed by atoms with van der Waals surface area (Å²) in [5.41, 5.74) is 2.43. The van der Waals surface area contributed by atoms with Gasteiger partial charge in [-0.25, -0.2) is 4.68 Å². The van der Waals surface area contributed by atoms with E-state index in [1.165, 1.54) is 4.88 Å². The molecule has 6 rings (SSSR count). The molecule has 184 valence electrons. The van der Waals surface area contributed by atoms with Gasteiger partial charge in [-0.3, -0.25) is 9.69 Å². The highest BCUT2D eigenvalue weighted by atomic mass is 32.1. The molecule has 1 atom stereocenters. The maximum Gasteiger partial charge on any atom is 0.253 e. The number of nitrogens with one attached hydrogen (secondary N) is 1. The van der Waals surface area contributed by atoms with E-state index in [0.717, 1.165) is 47.9 Å². The molecule has 0 radical (unpaired) electrons. The van der Waals surface area contributed by atoms with Crippen molar-refractivity contribution in [3.63, 3.8) is 0 Å². The SMILES string of the molecule is Cc1ccc2cc([C@@H](c3nnnn3C3CCCC3)N(Cc3ccco3)Cc3cccs3)c(=O)[nH]c2c1. The van der Waals surface area contributed by atoms with Crippen LogP contribution in [0.2, 0.25) is 0 Å². The molecule has 5 aromatic rings. The van der Waals surface area contributed by atoms with Crippen LogP contribution in [0.3, 0.4) is 0 Å². The molecule has 1 saturated carbocycles. The number of hydrogen-bond donors (Lipinski definition) is 1. The molecule has 0 unspecified atom stereocenters. The molecular formula is C27H28N6O2S. The second-order valence-electron chi connectivity index (χ2n) is 9.53. The monoisotopic (exact) mass is 500 g/mol. The van der Waals surface area contributed by atoms with E-state index in [1.807, 2.05) is 41.9 Å². The molecule has 1 N–H and O–H groups in total. The first-order valence-electron chi connectivity index (χ1n) is 12.4. The summed E-state index contributed by atoms with van der Waals surface area (Å²) in [6, 6.07) is 15.9. The van der Waals surface area contributed by atoms with E-state index in [1.54, 1.807) is 17.6 Å². The zero-order chi connectivity index (χ0) is 24.5. The van der Waals surface area contributed by atoms with Crippen LogP contribution in [0.5, 0.6) is 0 Å². The number of nitrogens with zero attached hydrogens (tertiary/aromatic N) is 5. The quantitative estimate of drug-likeness (QED) is 0.307. The second kappa shape index (κ2) is 9.83. The predicted molar refractivity (Wildman–Crippen MR) is 139 cm³/mol. The van der Waals surface area contributed by atoms with Crippen LogP contribution in [0.1, 0.15) is 65.4 Å². The summed E-state index contributed by atoms with van der Waals surface area (Å²) in [5, 5.41) is 16.1. The van der Waals surface area contributed by atoms with Crippen molar-refractivity contribution in [2.75, 3.05) is 0 Å². The first-order chi connectivity index (χ1) is 17.7. The van der Waals surface area contributed by atoms with Gasteiger partial charge in [0.25, 0.3) is 5.56 Å². The van der Waals surface area contributed by atoms with Gasteiger partial charge >= 0.3 is 0 Å². The Hall–Kier alpha value is -3.56. The van der Waals surface area contributed by atoms with Gasteiger partial charge in [0.1, 0.15) is 11.8 Å². The molecule has 1 fully saturated rings. The molecule has 1 aliphatic rings. The highest BCUT2D eigenvalue weighted by Gasteiger charge is 2.34. The average molecular weight is 501 g/mol. The molecule has 0 amide bonds. The third-order valence-electron chi connectivity index (χ3n) is 7.00. The van der Waals surface area contributed by atoms with Crippen LogP contribution in [-0.2, 0) is 13.1 Å². The predicted octanol–water partition coefficient (Wildman–Crippen LogP) is 5.38. The largest absolute Gasteiger partial charge is 0.468 e. The van der Waals surface area contributed by atoms with E-state index in [9.17, 15) is 4.79 Å². The highest BCUT2D eigenvalue weighted by molar-refractivity contribution is 7.09. The number of aromatic amines is 1. The van der Waals surface area contributed by atoms with Gasteiger partial charge in [0.05, 0.1) is 18.8 Å². The molecule has 4 aromatic heterocycles. The summed E-state index contributed by atoms with van der Waals surface area (Å²) in [4.78, 5) is 20.2. The maximum atomic E-state index is 13.6. The second-order valence-corrected chi connectivity index (χ2v) is 10.6. The average Bonchev–Trinajstić information content (AvgIpc) is 3.68. The Bertz CT molecular complexity index is 1460. The summed E-state index contributed by atoms with van der Waals surface area (Å²) in [5.74, 6) is 1.52. The van der Waals surface area contributed by atoms with Gasteiger partial charge in [-0.2, -0.15) is 0 Å². The molecule has 0 saturated heterocycles. The number of fused-ring (bicyclic) bond motifs is 1. The molecule has 1 aromatic carbocycles. The number of benzene rings is 1.